The van der Waals surface area contributed by atoms with Crippen molar-refractivity contribution in [2.45, 2.75) is 12.5 Å². The molecule has 1 rings (SSSR count). The Bertz CT molecular complexity index is 380. The van der Waals surface area contributed by atoms with Crippen LogP contribution in [0, 0.1) is 0 Å². The van der Waals surface area contributed by atoms with Crippen molar-refractivity contribution in [3.8, 4) is 11.5 Å². The third-order valence-corrected chi connectivity index (χ3v) is 2.72. The van der Waals surface area contributed by atoms with Crippen molar-refractivity contribution in [3.63, 3.8) is 0 Å². The first kappa shape index (κ1) is 12.9. The summed E-state index contributed by atoms with van der Waals surface area (Å²) in [6.45, 7) is 3.65. The van der Waals surface area contributed by atoms with Gasteiger partial charge in [0.25, 0.3) is 0 Å². The molecule has 4 heteroatoms. The van der Waals surface area contributed by atoms with E-state index in [1.165, 1.54) is 0 Å². The molecule has 0 heterocycles. The van der Waals surface area contributed by atoms with Crippen molar-refractivity contribution in [2.24, 2.45) is 5.73 Å². The molecule has 0 aromatic heterocycles. The predicted octanol–water partition coefficient (Wildman–Crippen LogP) is 2.93. The van der Waals surface area contributed by atoms with Gasteiger partial charge in [-0.3, -0.25) is 0 Å². The van der Waals surface area contributed by atoms with E-state index in [0.29, 0.717) is 22.9 Å². The van der Waals surface area contributed by atoms with E-state index in [9.17, 15) is 0 Å². The van der Waals surface area contributed by atoms with Crippen LogP contribution in [0.5, 0.6) is 11.5 Å². The van der Waals surface area contributed by atoms with Gasteiger partial charge in [0.15, 0.2) is 11.5 Å². The molecule has 16 heavy (non-hydrogen) atoms. The largest absolute Gasteiger partial charge is 0.493 e. The standard InChI is InChI=1S/C12H16ClNO2/c1-4-5-9(14)8-6-7-10(15-2)12(16-3)11(8)13/h4,6-7,9H,1,5,14H2,2-3H3/t9-/m1/s1. The van der Waals surface area contributed by atoms with E-state index in [0.717, 1.165) is 5.56 Å². The quantitative estimate of drug-likeness (QED) is 0.807. The Labute approximate surface area is 101 Å². The molecule has 1 atom stereocenters. The fourth-order valence-electron chi connectivity index (χ4n) is 1.50. The smallest absolute Gasteiger partial charge is 0.179 e. The number of hydrogen-bond acceptors (Lipinski definition) is 3. The summed E-state index contributed by atoms with van der Waals surface area (Å²) in [6, 6.07) is 3.46. The van der Waals surface area contributed by atoms with Crippen LogP contribution in [-0.4, -0.2) is 14.2 Å². The molecule has 0 bridgehead atoms. The Morgan fingerprint density at radius 2 is 2.12 bits per heavy atom. The maximum Gasteiger partial charge on any atom is 0.179 e. The molecule has 0 spiro atoms. The van der Waals surface area contributed by atoms with Gasteiger partial charge < -0.3 is 15.2 Å². The average Bonchev–Trinajstić information content (AvgIpc) is 2.28. The molecule has 0 fully saturated rings. The minimum Gasteiger partial charge on any atom is -0.493 e. The second-order valence-electron chi connectivity index (χ2n) is 3.34. The molecule has 0 unspecified atom stereocenters. The van der Waals surface area contributed by atoms with E-state index in [2.05, 4.69) is 6.58 Å². The Morgan fingerprint density at radius 1 is 1.44 bits per heavy atom. The third-order valence-electron chi connectivity index (χ3n) is 2.33. The first-order valence-corrected chi connectivity index (χ1v) is 5.30. The lowest BCUT2D eigenvalue weighted by Crippen LogP contribution is -2.10. The highest BCUT2D eigenvalue weighted by Crippen LogP contribution is 2.39. The Kier molecular flexibility index (Phi) is 4.65. The number of halogens is 1. The van der Waals surface area contributed by atoms with E-state index in [1.807, 2.05) is 6.07 Å². The molecular formula is C12H16ClNO2. The first-order chi connectivity index (χ1) is 7.65. The molecule has 88 valence electrons. The summed E-state index contributed by atoms with van der Waals surface area (Å²) >= 11 is 6.20. The van der Waals surface area contributed by atoms with E-state index >= 15 is 0 Å². The van der Waals surface area contributed by atoms with Gasteiger partial charge >= 0.3 is 0 Å². The monoisotopic (exact) mass is 241 g/mol. The molecule has 0 aliphatic carbocycles. The van der Waals surface area contributed by atoms with E-state index in [4.69, 9.17) is 26.8 Å². The van der Waals surface area contributed by atoms with Crippen LogP contribution in [0.15, 0.2) is 24.8 Å². The lowest BCUT2D eigenvalue weighted by molar-refractivity contribution is 0.354. The average molecular weight is 242 g/mol. The molecular weight excluding hydrogens is 226 g/mol. The number of benzene rings is 1. The van der Waals surface area contributed by atoms with Crippen molar-refractivity contribution in [1.29, 1.82) is 0 Å². The van der Waals surface area contributed by atoms with E-state index < -0.39 is 0 Å². The molecule has 0 amide bonds. The van der Waals surface area contributed by atoms with Crippen LogP contribution in [0.3, 0.4) is 0 Å². The molecule has 0 aliphatic rings. The van der Waals surface area contributed by atoms with Crippen LogP contribution < -0.4 is 15.2 Å². The van der Waals surface area contributed by atoms with Crippen molar-refractivity contribution >= 4 is 11.6 Å². The van der Waals surface area contributed by atoms with Crippen LogP contribution >= 0.6 is 11.6 Å². The zero-order chi connectivity index (χ0) is 12.1. The summed E-state index contributed by atoms with van der Waals surface area (Å²) < 4.78 is 10.3. The van der Waals surface area contributed by atoms with Crippen molar-refractivity contribution in [1.82, 2.24) is 0 Å². The highest BCUT2D eigenvalue weighted by molar-refractivity contribution is 6.33. The van der Waals surface area contributed by atoms with Gasteiger partial charge in [-0.1, -0.05) is 23.7 Å². The number of nitrogens with two attached hydrogens (primary N) is 1. The highest BCUT2D eigenvalue weighted by atomic mass is 35.5. The Balaban J connectivity index is 3.17. The Hall–Kier alpha value is -1.19. The minimum absolute atomic E-state index is 0.176. The molecule has 0 saturated heterocycles. The van der Waals surface area contributed by atoms with Gasteiger partial charge in [0, 0.05) is 6.04 Å². The minimum atomic E-state index is -0.176. The second kappa shape index (κ2) is 5.77. The maximum absolute atomic E-state index is 6.20. The summed E-state index contributed by atoms with van der Waals surface area (Å²) in [6.07, 6.45) is 2.42. The summed E-state index contributed by atoms with van der Waals surface area (Å²) in [5.74, 6) is 1.11. The normalized spacial score (nSPS) is 12.0. The number of hydrogen-bond donors (Lipinski definition) is 1. The van der Waals surface area contributed by atoms with Gasteiger partial charge in [0.1, 0.15) is 0 Å². The number of rotatable bonds is 5. The van der Waals surface area contributed by atoms with Gasteiger partial charge in [-0.15, -0.1) is 6.58 Å². The maximum atomic E-state index is 6.20. The molecule has 0 saturated carbocycles. The van der Waals surface area contributed by atoms with Crippen LogP contribution in [0.1, 0.15) is 18.0 Å². The predicted molar refractivity (Wildman–Crippen MR) is 66.3 cm³/mol. The molecule has 0 radical (unpaired) electrons. The SMILES string of the molecule is C=CC[C@@H](N)c1ccc(OC)c(OC)c1Cl. The van der Waals surface area contributed by atoms with Crippen LogP contribution in [0.4, 0.5) is 0 Å². The summed E-state index contributed by atoms with van der Waals surface area (Å²) in [5.41, 5.74) is 6.80. The lowest BCUT2D eigenvalue weighted by Gasteiger charge is -2.16. The zero-order valence-electron chi connectivity index (χ0n) is 9.50. The summed E-state index contributed by atoms with van der Waals surface area (Å²) in [5, 5.41) is 0.496. The second-order valence-corrected chi connectivity index (χ2v) is 3.71. The molecule has 1 aromatic carbocycles. The van der Waals surface area contributed by atoms with Crippen molar-refractivity contribution in [2.75, 3.05) is 14.2 Å². The van der Waals surface area contributed by atoms with Crippen LogP contribution in [0.2, 0.25) is 5.02 Å². The van der Waals surface area contributed by atoms with Crippen molar-refractivity contribution in [3.05, 3.63) is 35.4 Å². The topological polar surface area (TPSA) is 44.5 Å². The first-order valence-electron chi connectivity index (χ1n) is 4.92. The van der Waals surface area contributed by atoms with Gasteiger partial charge in [-0.2, -0.15) is 0 Å². The third kappa shape index (κ3) is 2.49. The highest BCUT2D eigenvalue weighted by Gasteiger charge is 2.16. The van der Waals surface area contributed by atoms with Gasteiger partial charge in [-0.25, -0.2) is 0 Å². The zero-order valence-corrected chi connectivity index (χ0v) is 10.3. The number of methoxy groups -OCH3 is 2. The van der Waals surface area contributed by atoms with Gasteiger partial charge in [0.05, 0.1) is 19.2 Å². The molecule has 2 N–H and O–H groups in total. The lowest BCUT2D eigenvalue weighted by atomic mass is 10.0. The van der Waals surface area contributed by atoms with Gasteiger partial charge in [-0.05, 0) is 18.1 Å². The molecule has 0 aliphatic heterocycles. The van der Waals surface area contributed by atoms with Gasteiger partial charge in [0.2, 0.25) is 0 Å². The van der Waals surface area contributed by atoms with E-state index in [1.54, 1.807) is 26.4 Å². The molecule has 1 aromatic rings. The van der Waals surface area contributed by atoms with E-state index in [-0.39, 0.29) is 6.04 Å². The van der Waals surface area contributed by atoms with Crippen molar-refractivity contribution < 1.29 is 9.47 Å². The summed E-state index contributed by atoms with van der Waals surface area (Å²) in [7, 11) is 3.12. The fourth-order valence-corrected chi connectivity index (χ4v) is 1.87. The molecule has 3 nitrogen and oxygen atoms in total. The number of ether oxygens (including phenoxy) is 2. The fraction of sp³-hybridized carbons (Fsp3) is 0.333. The van der Waals surface area contributed by atoms with Crippen LogP contribution in [-0.2, 0) is 0 Å². The summed E-state index contributed by atoms with van der Waals surface area (Å²) in [4.78, 5) is 0. The van der Waals surface area contributed by atoms with Crippen LogP contribution in [0.25, 0.3) is 0 Å². The Morgan fingerprint density at radius 3 is 2.62 bits per heavy atom.